The van der Waals surface area contributed by atoms with Crippen LogP contribution < -0.4 is 0 Å². The first-order valence-electron chi connectivity index (χ1n) is 10.7. The van der Waals surface area contributed by atoms with Crippen molar-refractivity contribution in [2.24, 2.45) is 7.05 Å². The maximum Gasteiger partial charge on any atom is 0.101 e. The first-order chi connectivity index (χ1) is 14.0. The summed E-state index contributed by atoms with van der Waals surface area (Å²) in [4.78, 5) is 4.80. The molecule has 3 aromatic rings. The van der Waals surface area contributed by atoms with Crippen LogP contribution in [0.2, 0.25) is 0 Å². The van der Waals surface area contributed by atoms with E-state index in [-0.39, 0.29) is 5.41 Å². The lowest BCUT2D eigenvalue weighted by Crippen LogP contribution is -2.23. The number of pyridine rings is 1. The highest BCUT2D eigenvalue weighted by atomic mass is 14.9. The van der Waals surface area contributed by atoms with E-state index in [1.807, 2.05) is 6.92 Å². The highest BCUT2D eigenvalue weighted by Crippen LogP contribution is 2.46. The molecule has 30 heavy (non-hydrogen) atoms. The molecular formula is C27H31N3. The number of nitriles is 1. The molecule has 3 heteroatoms. The Morgan fingerprint density at radius 2 is 1.67 bits per heavy atom. The Kier molecular flexibility index (Phi) is 4.47. The first-order valence-corrected chi connectivity index (χ1v) is 10.7. The zero-order chi connectivity index (χ0) is 22.1. The number of hydrogen-bond acceptors (Lipinski definition) is 2. The molecule has 1 aliphatic carbocycles. The van der Waals surface area contributed by atoms with E-state index in [0.717, 1.165) is 28.9 Å². The van der Waals surface area contributed by atoms with Gasteiger partial charge in [0.25, 0.3) is 0 Å². The van der Waals surface area contributed by atoms with Crippen LogP contribution in [0.3, 0.4) is 0 Å². The van der Waals surface area contributed by atoms with Gasteiger partial charge in [0, 0.05) is 36.0 Å². The Hall–Kier alpha value is -2.86. The van der Waals surface area contributed by atoms with Crippen LogP contribution in [0.15, 0.2) is 11.8 Å². The van der Waals surface area contributed by atoms with E-state index in [4.69, 9.17) is 4.98 Å². The Morgan fingerprint density at radius 1 is 1.00 bits per heavy atom. The van der Waals surface area contributed by atoms with Gasteiger partial charge in [0.05, 0.1) is 22.5 Å². The van der Waals surface area contributed by atoms with Crippen LogP contribution in [0.5, 0.6) is 0 Å². The summed E-state index contributed by atoms with van der Waals surface area (Å²) in [5.74, 6) is 0. The molecule has 3 nitrogen and oxygen atoms in total. The van der Waals surface area contributed by atoms with Crippen LogP contribution in [0.1, 0.15) is 69.7 Å². The molecule has 154 valence electrons. The van der Waals surface area contributed by atoms with Gasteiger partial charge in [-0.05, 0) is 74.9 Å². The predicted octanol–water partition coefficient (Wildman–Crippen LogP) is 6.21. The third-order valence-electron chi connectivity index (χ3n) is 7.45. The van der Waals surface area contributed by atoms with Crippen LogP contribution in [-0.4, -0.2) is 9.55 Å². The predicted molar refractivity (Wildman–Crippen MR) is 125 cm³/mol. The van der Waals surface area contributed by atoms with Crippen LogP contribution in [0.4, 0.5) is 0 Å². The Balaban J connectivity index is 1.99. The maximum absolute atomic E-state index is 9.57. The molecule has 0 unspecified atom stereocenters. The average Bonchev–Trinajstić information content (AvgIpc) is 3.22. The Bertz CT molecular complexity index is 1310. The number of nitrogens with zero attached hydrogens (tertiary/aromatic N) is 3. The normalized spacial score (nSPS) is 13.5. The summed E-state index contributed by atoms with van der Waals surface area (Å²) in [7, 11) is 2.15. The van der Waals surface area contributed by atoms with E-state index < -0.39 is 0 Å². The molecule has 0 atom stereocenters. The van der Waals surface area contributed by atoms with Crippen molar-refractivity contribution in [3.8, 4) is 6.07 Å². The van der Waals surface area contributed by atoms with Crippen molar-refractivity contribution in [2.75, 3.05) is 0 Å². The molecule has 1 aromatic carbocycles. The monoisotopic (exact) mass is 397 g/mol. The van der Waals surface area contributed by atoms with Gasteiger partial charge < -0.3 is 4.57 Å². The summed E-state index contributed by atoms with van der Waals surface area (Å²) in [6, 6.07) is 2.34. The second-order valence-electron chi connectivity index (χ2n) is 9.54. The minimum absolute atomic E-state index is 0.138. The zero-order valence-corrected chi connectivity index (χ0v) is 19.7. The fourth-order valence-corrected chi connectivity index (χ4v) is 5.57. The van der Waals surface area contributed by atoms with Crippen LogP contribution in [0, 0.1) is 52.9 Å². The molecule has 0 saturated carbocycles. The van der Waals surface area contributed by atoms with E-state index in [2.05, 4.69) is 78.4 Å². The van der Waals surface area contributed by atoms with Gasteiger partial charge >= 0.3 is 0 Å². The average molecular weight is 398 g/mol. The van der Waals surface area contributed by atoms with Crippen LogP contribution in [-0.2, 0) is 18.9 Å². The van der Waals surface area contributed by atoms with Gasteiger partial charge in [0.15, 0.2) is 0 Å². The lowest BCUT2D eigenvalue weighted by molar-refractivity contribution is 0.613. The van der Waals surface area contributed by atoms with Crippen molar-refractivity contribution in [1.82, 2.24) is 9.55 Å². The van der Waals surface area contributed by atoms with Crippen molar-refractivity contribution in [3.63, 3.8) is 0 Å². The summed E-state index contributed by atoms with van der Waals surface area (Å²) in [5, 5.41) is 11.0. The Morgan fingerprint density at radius 3 is 2.30 bits per heavy atom. The number of benzene rings is 1. The number of hydrogen-bond donors (Lipinski definition) is 0. The van der Waals surface area contributed by atoms with Crippen molar-refractivity contribution in [1.29, 1.82) is 5.26 Å². The Labute approximate surface area is 180 Å². The minimum Gasteiger partial charge on any atom is -0.350 e. The van der Waals surface area contributed by atoms with E-state index >= 15 is 0 Å². The summed E-state index contributed by atoms with van der Waals surface area (Å²) in [6.45, 7) is 17.7. The van der Waals surface area contributed by atoms with E-state index in [9.17, 15) is 5.26 Å². The van der Waals surface area contributed by atoms with Gasteiger partial charge in [-0.15, -0.1) is 0 Å². The van der Waals surface area contributed by atoms with Crippen molar-refractivity contribution in [3.05, 3.63) is 67.7 Å². The SMILES string of the molecule is Cc1nc2c(c(C)c1C#N)C=C(C(C)(C)c1c(C)c(C)c(C)c3c1c(C)cn3C)C2. The molecule has 0 radical (unpaired) electrons. The third-order valence-corrected chi connectivity index (χ3v) is 7.45. The highest BCUT2D eigenvalue weighted by molar-refractivity contribution is 5.93. The number of aryl methyl sites for hydroxylation is 4. The molecule has 0 fully saturated rings. The molecule has 0 spiro atoms. The molecule has 4 rings (SSSR count). The molecule has 2 aromatic heterocycles. The minimum atomic E-state index is -0.138. The van der Waals surface area contributed by atoms with Gasteiger partial charge in [-0.1, -0.05) is 25.5 Å². The molecule has 0 saturated heterocycles. The molecule has 0 aliphatic heterocycles. The third kappa shape index (κ3) is 2.59. The van der Waals surface area contributed by atoms with Gasteiger partial charge in [-0.3, -0.25) is 4.98 Å². The van der Waals surface area contributed by atoms with Crippen LogP contribution in [0.25, 0.3) is 17.0 Å². The summed E-state index contributed by atoms with van der Waals surface area (Å²) in [6.07, 6.45) is 5.40. The van der Waals surface area contributed by atoms with Crippen LogP contribution >= 0.6 is 0 Å². The molecular weight excluding hydrogens is 366 g/mol. The summed E-state index contributed by atoms with van der Waals surface area (Å²) >= 11 is 0. The summed E-state index contributed by atoms with van der Waals surface area (Å²) in [5.41, 5.74) is 14.3. The second kappa shape index (κ2) is 6.57. The van der Waals surface area contributed by atoms with Gasteiger partial charge in [0.2, 0.25) is 0 Å². The molecule has 1 aliphatic rings. The molecule has 2 heterocycles. The van der Waals surface area contributed by atoms with Gasteiger partial charge in [-0.2, -0.15) is 5.26 Å². The van der Waals surface area contributed by atoms with E-state index in [1.165, 1.54) is 44.3 Å². The maximum atomic E-state index is 9.57. The van der Waals surface area contributed by atoms with Gasteiger partial charge in [0.1, 0.15) is 6.07 Å². The molecule has 0 bridgehead atoms. The number of allylic oxidation sites excluding steroid dienone is 1. The number of rotatable bonds is 2. The van der Waals surface area contributed by atoms with Crippen molar-refractivity contribution >= 4 is 17.0 Å². The first kappa shape index (κ1) is 20.4. The topological polar surface area (TPSA) is 41.6 Å². The highest BCUT2D eigenvalue weighted by Gasteiger charge is 2.35. The molecule has 0 amide bonds. The second-order valence-corrected chi connectivity index (χ2v) is 9.54. The fraction of sp³-hybridized carbons (Fsp3) is 0.407. The number of fused-ring (bicyclic) bond motifs is 2. The smallest absolute Gasteiger partial charge is 0.101 e. The zero-order valence-electron chi connectivity index (χ0n) is 19.7. The van der Waals surface area contributed by atoms with E-state index in [0.29, 0.717) is 5.56 Å². The van der Waals surface area contributed by atoms with Gasteiger partial charge in [-0.25, -0.2) is 0 Å². The standard InChI is InChI=1S/C27H31N3/c1-14-13-30(9)26-17(4)15(2)16(3)25(24(14)26)27(7,8)20-10-21-18(5)22(12-28)19(6)29-23(21)11-20/h10,13H,11H2,1-9H3. The largest absolute Gasteiger partial charge is 0.350 e. The quantitative estimate of drug-likeness (QED) is 0.515. The lowest BCUT2D eigenvalue weighted by Gasteiger charge is -2.32. The fourth-order valence-electron chi connectivity index (χ4n) is 5.57. The molecule has 0 N–H and O–H groups in total. The van der Waals surface area contributed by atoms with Crippen molar-refractivity contribution < 1.29 is 0 Å². The van der Waals surface area contributed by atoms with E-state index in [1.54, 1.807) is 0 Å². The lowest BCUT2D eigenvalue weighted by atomic mass is 9.72. The summed E-state index contributed by atoms with van der Waals surface area (Å²) < 4.78 is 2.28. The number of aromatic nitrogens is 2. The van der Waals surface area contributed by atoms with Crippen molar-refractivity contribution in [2.45, 2.75) is 67.2 Å².